The Labute approximate surface area is 114 Å². The predicted molar refractivity (Wildman–Crippen MR) is 75.7 cm³/mol. The molecule has 0 aliphatic rings. The number of aromatic amines is 1. The maximum absolute atomic E-state index is 5.15. The van der Waals surface area contributed by atoms with Gasteiger partial charge in [-0.3, -0.25) is 0 Å². The van der Waals surface area contributed by atoms with Crippen LogP contribution in [0.5, 0.6) is 0 Å². The Morgan fingerprint density at radius 3 is 2.65 bits per heavy atom. The smallest absolute Gasteiger partial charge is 0.130 e. The van der Waals surface area contributed by atoms with Crippen molar-refractivity contribution in [2.45, 2.75) is 19.8 Å². The number of hydrogen-bond acceptors (Lipinski definition) is 2. The predicted octanol–water partition coefficient (Wildman–Crippen LogP) is 4.05. The molecule has 0 unspecified atom stereocenters. The molecule has 0 saturated heterocycles. The molecule has 0 saturated carbocycles. The molecule has 88 valence electrons. The number of aromatic nitrogens is 2. The lowest BCUT2D eigenvalue weighted by molar-refractivity contribution is 0.899. The van der Waals surface area contributed by atoms with Crippen LogP contribution in [-0.4, -0.2) is 9.97 Å². The van der Waals surface area contributed by atoms with Gasteiger partial charge in [-0.25, -0.2) is 4.98 Å². The quantitative estimate of drug-likeness (QED) is 0.866. The molecule has 1 heterocycles. The zero-order chi connectivity index (χ0) is 12.3. The van der Waals surface area contributed by atoms with Crippen LogP contribution in [0.4, 0.5) is 0 Å². The molecule has 1 aromatic heterocycles. The third-order valence-electron chi connectivity index (χ3n) is 2.51. The van der Waals surface area contributed by atoms with Gasteiger partial charge in [0.05, 0.1) is 0 Å². The highest BCUT2D eigenvalue weighted by atomic mass is 79.9. The Kier molecular flexibility index (Phi) is 4.07. The summed E-state index contributed by atoms with van der Waals surface area (Å²) in [4.78, 5) is 7.66. The van der Waals surface area contributed by atoms with Crippen LogP contribution in [0.15, 0.2) is 34.8 Å². The molecule has 2 aromatic rings. The van der Waals surface area contributed by atoms with Gasteiger partial charge >= 0.3 is 0 Å². The average molecular weight is 309 g/mol. The molecule has 1 N–H and O–H groups in total. The maximum Gasteiger partial charge on any atom is 0.130 e. The molecule has 0 fully saturated rings. The molecule has 0 radical (unpaired) electrons. The molecule has 0 aliphatic carbocycles. The van der Waals surface area contributed by atoms with Crippen LogP contribution >= 0.6 is 28.1 Å². The van der Waals surface area contributed by atoms with Crippen LogP contribution in [0.3, 0.4) is 0 Å². The number of nitrogens with one attached hydrogen (secondary N) is 1. The van der Waals surface area contributed by atoms with Crippen LogP contribution in [0, 0.1) is 4.64 Å². The summed E-state index contributed by atoms with van der Waals surface area (Å²) in [6, 6.07) is 10.2. The number of rotatable bonds is 3. The molecule has 2 nitrogen and oxygen atoms in total. The van der Waals surface area contributed by atoms with Gasteiger partial charge in [0, 0.05) is 16.6 Å². The van der Waals surface area contributed by atoms with Gasteiger partial charge in [0.2, 0.25) is 0 Å². The second-order valence-corrected chi connectivity index (χ2v) is 5.18. The van der Waals surface area contributed by atoms with E-state index in [1.807, 2.05) is 18.2 Å². The SMILES string of the molecule is CCc1cc(=S)nc(Cc2ccc(Br)cc2)[nH]1. The molecule has 4 heteroatoms. The fraction of sp³-hybridized carbons (Fsp3) is 0.231. The number of aryl methyl sites for hydroxylation is 1. The van der Waals surface area contributed by atoms with Crippen molar-refractivity contribution in [2.24, 2.45) is 0 Å². The standard InChI is InChI=1S/C13H13BrN2S/c1-2-11-8-13(17)16-12(15-11)7-9-3-5-10(14)6-4-9/h3-6,8H,2,7H2,1H3,(H,15,16,17). The molecular formula is C13H13BrN2S. The number of halogens is 1. The van der Waals surface area contributed by atoms with Crippen molar-refractivity contribution in [3.63, 3.8) is 0 Å². The second-order valence-electron chi connectivity index (χ2n) is 3.85. The van der Waals surface area contributed by atoms with Crippen molar-refractivity contribution >= 4 is 28.1 Å². The highest BCUT2D eigenvalue weighted by Crippen LogP contribution is 2.12. The Morgan fingerprint density at radius 2 is 2.00 bits per heavy atom. The lowest BCUT2D eigenvalue weighted by Crippen LogP contribution is -2.00. The first-order valence-electron chi connectivity index (χ1n) is 5.51. The summed E-state index contributed by atoms with van der Waals surface area (Å²) in [6.45, 7) is 2.10. The lowest BCUT2D eigenvalue weighted by Gasteiger charge is -2.04. The van der Waals surface area contributed by atoms with E-state index in [1.54, 1.807) is 0 Å². The summed E-state index contributed by atoms with van der Waals surface area (Å²) in [5.74, 6) is 0.927. The highest BCUT2D eigenvalue weighted by Gasteiger charge is 2.00. The third-order valence-corrected chi connectivity index (χ3v) is 3.25. The number of nitrogens with zero attached hydrogens (tertiary/aromatic N) is 1. The van der Waals surface area contributed by atoms with E-state index in [2.05, 4.69) is 45.0 Å². The van der Waals surface area contributed by atoms with E-state index in [9.17, 15) is 0 Å². The lowest BCUT2D eigenvalue weighted by atomic mass is 10.1. The summed E-state index contributed by atoms with van der Waals surface area (Å²) in [5.41, 5.74) is 2.36. The molecule has 0 spiro atoms. The summed E-state index contributed by atoms with van der Waals surface area (Å²) in [7, 11) is 0. The Hall–Kier alpha value is -1.00. The fourth-order valence-electron chi connectivity index (χ4n) is 1.63. The van der Waals surface area contributed by atoms with Crippen molar-refractivity contribution < 1.29 is 0 Å². The van der Waals surface area contributed by atoms with E-state index in [0.717, 1.165) is 28.8 Å². The summed E-state index contributed by atoms with van der Waals surface area (Å²) >= 11 is 8.58. The number of H-pyrrole nitrogens is 1. The highest BCUT2D eigenvalue weighted by molar-refractivity contribution is 9.10. The molecule has 0 amide bonds. The summed E-state index contributed by atoms with van der Waals surface area (Å²) < 4.78 is 1.75. The van der Waals surface area contributed by atoms with Crippen LogP contribution in [-0.2, 0) is 12.8 Å². The van der Waals surface area contributed by atoms with E-state index in [4.69, 9.17) is 12.2 Å². The minimum Gasteiger partial charge on any atom is -0.347 e. The topological polar surface area (TPSA) is 28.7 Å². The van der Waals surface area contributed by atoms with Gasteiger partial charge in [-0.1, -0.05) is 47.2 Å². The van der Waals surface area contributed by atoms with E-state index in [0.29, 0.717) is 4.64 Å². The minimum atomic E-state index is 0.660. The van der Waals surface area contributed by atoms with Crippen molar-refractivity contribution in [2.75, 3.05) is 0 Å². The largest absolute Gasteiger partial charge is 0.347 e. The van der Waals surface area contributed by atoms with Crippen LogP contribution in [0.25, 0.3) is 0 Å². The van der Waals surface area contributed by atoms with Crippen LogP contribution < -0.4 is 0 Å². The van der Waals surface area contributed by atoms with Crippen molar-refractivity contribution in [1.29, 1.82) is 0 Å². The molecule has 2 rings (SSSR count). The fourth-order valence-corrected chi connectivity index (χ4v) is 2.15. The van der Waals surface area contributed by atoms with Gasteiger partial charge in [0.15, 0.2) is 0 Å². The maximum atomic E-state index is 5.15. The van der Waals surface area contributed by atoms with Gasteiger partial charge in [0.1, 0.15) is 10.5 Å². The van der Waals surface area contributed by atoms with Gasteiger partial charge in [-0.05, 0) is 30.2 Å². The zero-order valence-corrected chi connectivity index (χ0v) is 11.9. The summed E-state index contributed by atoms with van der Waals surface area (Å²) in [6.07, 6.45) is 1.73. The van der Waals surface area contributed by atoms with Gasteiger partial charge in [-0.2, -0.15) is 0 Å². The first-order valence-corrected chi connectivity index (χ1v) is 6.71. The first-order chi connectivity index (χ1) is 8.17. The number of hydrogen-bond donors (Lipinski definition) is 1. The number of benzene rings is 1. The first kappa shape index (κ1) is 12.5. The van der Waals surface area contributed by atoms with E-state index in [-0.39, 0.29) is 0 Å². The van der Waals surface area contributed by atoms with E-state index < -0.39 is 0 Å². The third kappa shape index (κ3) is 3.48. The Bertz CT molecular complexity index is 560. The van der Waals surface area contributed by atoms with Crippen molar-refractivity contribution in [3.8, 4) is 0 Å². The monoisotopic (exact) mass is 308 g/mol. The van der Waals surface area contributed by atoms with Gasteiger partial charge < -0.3 is 4.98 Å². The molecule has 1 aromatic carbocycles. The normalized spacial score (nSPS) is 10.5. The van der Waals surface area contributed by atoms with Crippen molar-refractivity contribution in [1.82, 2.24) is 9.97 Å². The zero-order valence-electron chi connectivity index (χ0n) is 9.53. The second kappa shape index (κ2) is 5.56. The average Bonchev–Trinajstić information content (AvgIpc) is 2.31. The Balaban J connectivity index is 2.26. The summed E-state index contributed by atoms with van der Waals surface area (Å²) in [5, 5.41) is 0. The van der Waals surface area contributed by atoms with Crippen LogP contribution in [0.1, 0.15) is 24.0 Å². The van der Waals surface area contributed by atoms with E-state index >= 15 is 0 Å². The molecular weight excluding hydrogens is 296 g/mol. The molecule has 17 heavy (non-hydrogen) atoms. The van der Waals surface area contributed by atoms with Gasteiger partial charge in [-0.15, -0.1) is 0 Å². The molecule has 0 aliphatic heterocycles. The van der Waals surface area contributed by atoms with Crippen molar-refractivity contribution in [3.05, 3.63) is 56.5 Å². The van der Waals surface area contributed by atoms with Gasteiger partial charge in [0.25, 0.3) is 0 Å². The van der Waals surface area contributed by atoms with E-state index in [1.165, 1.54) is 5.56 Å². The molecule has 0 atom stereocenters. The molecule has 0 bridgehead atoms. The Morgan fingerprint density at radius 1 is 1.29 bits per heavy atom. The van der Waals surface area contributed by atoms with Crippen LogP contribution in [0.2, 0.25) is 0 Å². The minimum absolute atomic E-state index is 0.660.